The summed E-state index contributed by atoms with van der Waals surface area (Å²) in [6.07, 6.45) is 1.49. The summed E-state index contributed by atoms with van der Waals surface area (Å²) < 4.78 is 9.48. The standard InChI is InChI=1S/C10H11N5O4/c1-18-9(17)5-11-8(16)6-15-13-10(12-14-15)7-3-2-4-19-7/h2-4H,5-6H2,1H3,(H,11,16). The molecule has 1 N–H and O–H groups in total. The van der Waals surface area contributed by atoms with Gasteiger partial charge in [-0.15, -0.1) is 10.2 Å². The second-order valence-electron chi connectivity index (χ2n) is 3.47. The third-order valence-electron chi connectivity index (χ3n) is 2.14. The van der Waals surface area contributed by atoms with Crippen LogP contribution in [0.3, 0.4) is 0 Å². The monoisotopic (exact) mass is 265 g/mol. The van der Waals surface area contributed by atoms with E-state index in [-0.39, 0.29) is 18.9 Å². The fourth-order valence-corrected chi connectivity index (χ4v) is 1.24. The number of carbonyl (C=O) groups is 2. The summed E-state index contributed by atoms with van der Waals surface area (Å²) >= 11 is 0. The fourth-order valence-electron chi connectivity index (χ4n) is 1.24. The summed E-state index contributed by atoms with van der Waals surface area (Å²) in [5, 5.41) is 13.8. The van der Waals surface area contributed by atoms with Crippen LogP contribution in [0.15, 0.2) is 22.8 Å². The van der Waals surface area contributed by atoms with Crippen LogP contribution in [0, 0.1) is 0 Å². The molecule has 0 unspecified atom stereocenters. The highest BCUT2D eigenvalue weighted by Crippen LogP contribution is 2.12. The average Bonchev–Trinajstić information content (AvgIpc) is 3.06. The van der Waals surface area contributed by atoms with Gasteiger partial charge >= 0.3 is 5.97 Å². The minimum Gasteiger partial charge on any atom is -0.468 e. The Morgan fingerprint density at radius 1 is 1.53 bits per heavy atom. The molecule has 0 aromatic carbocycles. The van der Waals surface area contributed by atoms with Crippen molar-refractivity contribution in [1.29, 1.82) is 0 Å². The lowest BCUT2D eigenvalue weighted by molar-refractivity contribution is -0.141. The van der Waals surface area contributed by atoms with Gasteiger partial charge in [0.05, 0.1) is 13.4 Å². The molecule has 19 heavy (non-hydrogen) atoms. The maximum atomic E-state index is 11.5. The van der Waals surface area contributed by atoms with Gasteiger partial charge < -0.3 is 14.5 Å². The van der Waals surface area contributed by atoms with Crippen molar-refractivity contribution in [2.75, 3.05) is 13.7 Å². The molecular weight excluding hydrogens is 254 g/mol. The molecule has 0 saturated carbocycles. The molecule has 2 heterocycles. The molecule has 0 aliphatic carbocycles. The lowest BCUT2D eigenvalue weighted by Crippen LogP contribution is -2.33. The van der Waals surface area contributed by atoms with Gasteiger partial charge in [-0.2, -0.15) is 4.80 Å². The second kappa shape index (κ2) is 5.76. The minimum atomic E-state index is -0.531. The highest BCUT2D eigenvalue weighted by atomic mass is 16.5. The highest BCUT2D eigenvalue weighted by molar-refractivity contribution is 5.81. The van der Waals surface area contributed by atoms with E-state index < -0.39 is 11.9 Å². The molecule has 9 nitrogen and oxygen atoms in total. The maximum Gasteiger partial charge on any atom is 0.325 e. The number of furan rings is 1. The molecule has 0 spiro atoms. The van der Waals surface area contributed by atoms with Gasteiger partial charge in [0.1, 0.15) is 13.1 Å². The Labute approximate surface area is 107 Å². The van der Waals surface area contributed by atoms with E-state index in [0.29, 0.717) is 5.76 Å². The molecular formula is C10H11N5O4. The molecule has 0 radical (unpaired) electrons. The topological polar surface area (TPSA) is 112 Å². The van der Waals surface area contributed by atoms with Crippen LogP contribution in [0.4, 0.5) is 0 Å². The van der Waals surface area contributed by atoms with Gasteiger partial charge in [0.25, 0.3) is 0 Å². The van der Waals surface area contributed by atoms with E-state index in [4.69, 9.17) is 4.42 Å². The number of amides is 1. The third-order valence-corrected chi connectivity index (χ3v) is 2.14. The first-order chi connectivity index (χ1) is 9.19. The Hall–Kier alpha value is -2.71. The number of hydrogen-bond donors (Lipinski definition) is 1. The molecule has 0 saturated heterocycles. The number of carbonyl (C=O) groups excluding carboxylic acids is 2. The lowest BCUT2D eigenvalue weighted by atomic mass is 10.4. The number of esters is 1. The summed E-state index contributed by atoms with van der Waals surface area (Å²) in [6, 6.07) is 3.37. The molecule has 0 bridgehead atoms. The number of hydrogen-bond acceptors (Lipinski definition) is 7. The summed E-state index contributed by atoms with van der Waals surface area (Å²) in [4.78, 5) is 23.4. The predicted molar refractivity (Wildman–Crippen MR) is 60.5 cm³/mol. The number of methoxy groups -OCH3 is 1. The summed E-state index contributed by atoms with van der Waals surface area (Å²) in [7, 11) is 1.24. The fraction of sp³-hybridized carbons (Fsp3) is 0.300. The zero-order chi connectivity index (χ0) is 13.7. The third kappa shape index (κ3) is 3.37. The van der Waals surface area contributed by atoms with Crippen LogP contribution in [0.25, 0.3) is 11.6 Å². The van der Waals surface area contributed by atoms with E-state index in [2.05, 4.69) is 25.5 Å². The summed E-state index contributed by atoms with van der Waals surface area (Å²) in [5.74, 6) is -0.211. The molecule has 0 fully saturated rings. The molecule has 2 aromatic heterocycles. The largest absolute Gasteiger partial charge is 0.468 e. The van der Waals surface area contributed by atoms with Crippen molar-refractivity contribution >= 4 is 11.9 Å². The van der Waals surface area contributed by atoms with E-state index in [1.807, 2.05) is 0 Å². The van der Waals surface area contributed by atoms with Crippen molar-refractivity contribution in [3.8, 4) is 11.6 Å². The first-order valence-corrected chi connectivity index (χ1v) is 5.34. The Kier molecular flexibility index (Phi) is 3.86. The first-order valence-electron chi connectivity index (χ1n) is 5.34. The molecule has 0 atom stereocenters. The predicted octanol–water partition coefficient (Wildman–Crippen LogP) is -0.778. The van der Waals surface area contributed by atoms with Crippen LogP contribution in [0.1, 0.15) is 0 Å². The smallest absolute Gasteiger partial charge is 0.325 e. The van der Waals surface area contributed by atoms with E-state index in [1.54, 1.807) is 12.1 Å². The Bertz CT molecular complexity index is 562. The molecule has 2 rings (SSSR count). The maximum absolute atomic E-state index is 11.5. The van der Waals surface area contributed by atoms with E-state index >= 15 is 0 Å². The molecule has 1 amide bonds. The number of tetrazole rings is 1. The van der Waals surface area contributed by atoms with Crippen molar-refractivity contribution in [3.05, 3.63) is 18.4 Å². The number of nitrogens with one attached hydrogen (secondary N) is 1. The van der Waals surface area contributed by atoms with E-state index in [0.717, 1.165) is 4.80 Å². The molecule has 2 aromatic rings. The van der Waals surface area contributed by atoms with Gasteiger partial charge in [-0.1, -0.05) is 0 Å². The summed E-state index contributed by atoms with van der Waals surface area (Å²) in [6.45, 7) is -0.347. The normalized spacial score (nSPS) is 10.2. The van der Waals surface area contributed by atoms with Crippen LogP contribution in [0.5, 0.6) is 0 Å². The lowest BCUT2D eigenvalue weighted by Gasteiger charge is -2.02. The minimum absolute atomic E-state index is 0.148. The van der Waals surface area contributed by atoms with Crippen LogP contribution >= 0.6 is 0 Å². The Balaban J connectivity index is 1.89. The summed E-state index contributed by atoms with van der Waals surface area (Å²) in [5.41, 5.74) is 0. The second-order valence-corrected chi connectivity index (χ2v) is 3.47. The Morgan fingerprint density at radius 3 is 3.05 bits per heavy atom. The van der Waals surface area contributed by atoms with Gasteiger partial charge in [-0.05, 0) is 17.3 Å². The van der Waals surface area contributed by atoms with Crippen molar-refractivity contribution in [2.24, 2.45) is 0 Å². The SMILES string of the molecule is COC(=O)CNC(=O)Cn1nnc(-c2ccco2)n1. The van der Waals surface area contributed by atoms with E-state index in [1.165, 1.54) is 13.4 Å². The number of aromatic nitrogens is 4. The van der Waals surface area contributed by atoms with Gasteiger partial charge in [0.2, 0.25) is 11.7 Å². The molecule has 0 aliphatic rings. The van der Waals surface area contributed by atoms with Crippen LogP contribution < -0.4 is 5.32 Å². The van der Waals surface area contributed by atoms with Crippen LogP contribution in [-0.4, -0.2) is 45.7 Å². The quantitative estimate of drug-likeness (QED) is 0.706. The van der Waals surface area contributed by atoms with E-state index in [9.17, 15) is 9.59 Å². The average molecular weight is 265 g/mol. The van der Waals surface area contributed by atoms with Gasteiger partial charge in [0.15, 0.2) is 5.76 Å². The number of rotatable bonds is 5. The van der Waals surface area contributed by atoms with Crippen LogP contribution in [-0.2, 0) is 20.9 Å². The van der Waals surface area contributed by atoms with Gasteiger partial charge in [-0.25, -0.2) is 0 Å². The van der Waals surface area contributed by atoms with Crippen molar-refractivity contribution in [3.63, 3.8) is 0 Å². The van der Waals surface area contributed by atoms with Crippen molar-refractivity contribution in [2.45, 2.75) is 6.54 Å². The van der Waals surface area contributed by atoms with Gasteiger partial charge in [0, 0.05) is 0 Å². The van der Waals surface area contributed by atoms with Crippen LogP contribution in [0.2, 0.25) is 0 Å². The zero-order valence-corrected chi connectivity index (χ0v) is 10.1. The first kappa shape index (κ1) is 12.7. The van der Waals surface area contributed by atoms with Gasteiger partial charge in [-0.3, -0.25) is 9.59 Å². The molecule has 9 heteroatoms. The number of ether oxygens (including phenoxy) is 1. The highest BCUT2D eigenvalue weighted by Gasteiger charge is 2.11. The van der Waals surface area contributed by atoms with Crippen molar-refractivity contribution in [1.82, 2.24) is 25.5 Å². The molecule has 100 valence electrons. The van der Waals surface area contributed by atoms with Crippen molar-refractivity contribution < 1.29 is 18.7 Å². The Morgan fingerprint density at radius 2 is 2.37 bits per heavy atom. The zero-order valence-electron chi connectivity index (χ0n) is 10.1. The number of nitrogens with zero attached hydrogens (tertiary/aromatic N) is 4. The molecule has 0 aliphatic heterocycles.